The van der Waals surface area contributed by atoms with Crippen molar-refractivity contribution < 1.29 is 4.74 Å². The molecule has 0 radical (unpaired) electrons. The molecular formula is C20H30O. The normalized spacial score (nSPS) is 33.1. The van der Waals surface area contributed by atoms with Crippen LogP contribution in [0.25, 0.3) is 0 Å². The van der Waals surface area contributed by atoms with Crippen molar-refractivity contribution in [2.24, 2.45) is 0 Å². The lowest BCUT2D eigenvalue weighted by atomic mass is 9.95. The van der Waals surface area contributed by atoms with Gasteiger partial charge in [0, 0.05) is 0 Å². The first-order valence-electron chi connectivity index (χ1n) is 8.35. The van der Waals surface area contributed by atoms with Crippen LogP contribution in [0.1, 0.15) is 66.2 Å². The molecule has 0 N–H and O–H groups in total. The average molecular weight is 286 g/mol. The molecule has 0 aromatic carbocycles. The lowest BCUT2D eigenvalue weighted by molar-refractivity contribution is 0.151. The third kappa shape index (κ3) is 5.00. The third-order valence-corrected chi connectivity index (χ3v) is 4.66. The fourth-order valence-corrected chi connectivity index (χ4v) is 3.13. The van der Waals surface area contributed by atoms with Crippen molar-refractivity contribution in [3.63, 3.8) is 0 Å². The molecule has 0 saturated heterocycles. The van der Waals surface area contributed by atoms with E-state index in [0.29, 0.717) is 0 Å². The molecular weight excluding hydrogens is 256 g/mol. The maximum Gasteiger partial charge on any atom is 0.0977 e. The molecule has 21 heavy (non-hydrogen) atoms. The molecule has 1 nitrogen and oxygen atoms in total. The van der Waals surface area contributed by atoms with Gasteiger partial charge in [-0.2, -0.15) is 0 Å². The average Bonchev–Trinajstić information content (AvgIpc) is 2.76. The molecule has 0 amide bonds. The molecule has 0 fully saturated rings. The van der Waals surface area contributed by atoms with Gasteiger partial charge in [-0.25, -0.2) is 0 Å². The first-order valence-corrected chi connectivity index (χ1v) is 8.35. The monoisotopic (exact) mass is 286 g/mol. The first-order chi connectivity index (χ1) is 10.1. The fraction of sp³-hybridized carbons (Fsp3) is 0.600. The fourth-order valence-electron chi connectivity index (χ4n) is 3.13. The largest absolute Gasteiger partial charge is 0.365 e. The Balaban J connectivity index is 2.17. The Labute approximate surface area is 130 Å². The summed E-state index contributed by atoms with van der Waals surface area (Å²) in [5.41, 5.74) is 7.47. The highest BCUT2D eigenvalue weighted by Gasteiger charge is 2.21. The summed E-state index contributed by atoms with van der Waals surface area (Å²) in [6.07, 6.45) is 14.4. The highest BCUT2D eigenvalue weighted by Crippen LogP contribution is 2.29. The van der Waals surface area contributed by atoms with Crippen molar-refractivity contribution in [3.05, 3.63) is 46.1 Å². The van der Waals surface area contributed by atoms with Crippen LogP contribution in [0.15, 0.2) is 46.1 Å². The third-order valence-electron chi connectivity index (χ3n) is 4.66. The molecule has 0 aromatic heterocycles. The smallest absolute Gasteiger partial charge is 0.0977 e. The summed E-state index contributed by atoms with van der Waals surface area (Å²) in [5.74, 6) is 0. The minimum Gasteiger partial charge on any atom is -0.365 e. The second-order valence-corrected chi connectivity index (χ2v) is 6.73. The maximum absolute atomic E-state index is 5.97. The number of hydrogen-bond acceptors (Lipinski definition) is 1. The Morgan fingerprint density at radius 1 is 0.810 bits per heavy atom. The molecule has 0 saturated carbocycles. The van der Waals surface area contributed by atoms with Crippen LogP contribution < -0.4 is 0 Å². The van der Waals surface area contributed by atoms with E-state index < -0.39 is 0 Å². The Hall–Kier alpha value is -1.08. The van der Waals surface area contributed by atoms with E-state index in [1.807, 2.05) is 0 Å². The molecule has 1 heteroatoms. The van der Waals surface area contributed by atoms with Crippen molar-refractivity contribution >= 4 is 0 Å². The van der Waals surface area contributed by atoms with Crippen LogP contribution in [0.2, 0.25) is 0 Å². The second-order valence-electron chi connectivity index (χ2n) is 6.73. The minimum atomic E-state index is 0.228. The Kier molecular flexibility index (Phi) is 6.05. The summed E-state index contributed by atoms with van der Waals surface area (Å²) in [7, 11) is 0. The van der Waals surface area contributed by atoms with Crippen LogP contribution in [0.3, 0.4) is 0 Å². The van der Waals surface area contributed by atoms with Crippen LogP contribution in [0, 0.1) is 0 Å². The van der Waals surface area contributed by atoms with E-state index in [1.165, 1.54) is 47.1 Å². The molecule has 0 unspecified atom stereocenters. The minimum absolute atomic E-state index is 0.228. The SMILES string of the molecule is CC1=C2CC/C(C)=C/CC/C(C)=C\CC/C(C)=C/[C@@H]2OC1. The predicted octanol–water partition coefficient (Wildman–Crippen LogP) is 5.89. The van der Waals surface area contributed by atoms with E-state index in [9.17, 15) is 0 Å². The summed E-state index contributed by atoms with van der Waals surface area (Å²) in [4.78, 5) is 0. The van der Waals surface area contributed by atoms with Gasteiger partial charge in [-0.3, -0.25) is 0 Å². The predicted molar refractivity (Wildman–Crippen MR) is 91.4 cm³/mol. The van der Waals surface area contributed by atoms with Crippen LogP contribution in [-0.2, 0) is 4.74 Å². The standard InChI is InChI=1S/C20H30O/c1-15-7-5-9-16(2)11-12-19-18(4)14-21-20(19)13-17(3)10-6-8-15/h8-9,13,20H,5-7,10-12,14H2,1-4H3/b15-8-,16-9+,17-13+/t20-/m0/s1. The molecule has 2 aliphatic rings. The Morgan fingerprint density at radius 2 is 1.43 bits per heavy atom. The van der Waals surface area contributed by atoms with Crippen LogP contribution in [0.4, 0.5) is 0 Å². The molecule has 1 aliphatic carbocycles. The van der Waals surface area contributed by atoms with Gasteiger partial charge in [-0.15, -0.1) is 0 Å². The van der Waals surface area contributed by atoms with Gasteiger partial charge < -0.3 is 4.74 Å². The highest BCUT2D eigenvalue weighted by atomic mass is 16.5. The molecule has 2 rings (SSSR count). The number of hydrogen-bond donors (Lipinski definition) is 0. The summed E-state index contributed by atoms with van der Waals surface area (Å²) in [6, 6.07) is 0. The summed E-state index contributed by atoms with van der Waals surface area (Å²) >= 11 is 0. The first kappa shape index (κ1) is 16.3. The van der Waals surface area contributed by atoms with E-state index >= 15 is 0 Å². The highest BCUT2D eigenvalue weighted by molar-refractivity contribution is 5.29. The summed E-state index contributed by atoms with van der Waals surface area (Å²) in [6.45, 7) is 9.82. The lowest BCUT2D eigenvalue weighted by Crippen LogP contribution is -2.08. The van der Waals surface area contributed by atoms with E-state index in [4.69, 9.17) is 4.74 Å². The van der Waals surface area contributed by atoms with E-state index in [-0.39, 0.29) is 6.10 Å². The van der Waals surface area contributed by atoms with Gasteiger partial charge in [0.05, 0.1) is 12.7 Å². The summed E-state index contributed by atoms with van der Waals surface area (Å²) < 4.78 is 5.97. The van der Waals surface area contributed by atoms with Gasteiger partial charge in [-0.1, -0.05) is 34.9 Å². The molecule has 1 atom stereocenters. The number of fused-ring (bicyclic) bond motifs is 1. The Bertz CT molecular complexity index is 488. The van der Waals surface area contributed by atoms with Gasteiger partial charge in [0.25, 0.3) is 0 Å². The van der Waals surface area contributed by atoms with Gasteiger partial charge in [0.1, 0.15) is 0 Å². The zero-order valence-corrected chi connectivity index (χ0v) is 14.2. The van der Waals surface area contributed by atoms with Crippen molar-refractivity contribution in [1.29, 1.82) is 0 Å². The van der Waals surface area contributed by atoms with E-state index in [2.05, 4.69) is 45.9 Å². The van der Waals surface area contributed by atoms with Gasteiger partial charge in [-0.05, 0) is 77.4 Å². The Morgan fingerprint density at radius 3 is 2.14 bits per heavy atom. The molecule has 1 heterocycles. The molecule has 116 valence electrons. The zero-order valence-electron chi connectivity index (χ0n) is 14.2. The van der Waals surface area contributed by atoms with Crippen molar-refractivity contribution in [1.82, 2.24) is 0 Å². The molecule has 1 aliphatic heterocycles. The van der Waals surface area contributed by atoms with Gasteiger partial charge >= 0.3 is 0 Å². The van der Waals surface area contributed by atoms with E-state index in [1.54, 1.807) is 0 Å². The van der Waals surface area contributed by atoms with Gasteiger partial charge in [0.15, 0.2) is 0 Å². The zero-order chi connectivity index (χ0) is 15.2. The topological polar surface area (TPSA) is 9.23 Å². The number of rotatable bonds is 0. The van der Waals surface area contributed by atoms with E-state index in [0.717, 1.165) is 25.9 Å². The van der Waals surface area contributed by atoms with Gasteiger partial charge in [0.2, 0.25) is 0 Å². The second kappa shape index (κ2) is 7.79. The quantitative estimate of drug-likeness (QED) is 0.504. The van der Waals surface area contributed by atoms with Crippen molar-refractivity contribution in [2.75, 3.05) is 6.61 Å². The van der Waals surface area contributed by atoms with Crippen LogP contribution >= 0.6 is 0 Å². The number of ether oxygens (including phenoxy) is 1. The number of allylic oxidation sites excluding steroid dienone is 5. The molecule has 0 aromatic rings. The van der Waals surface area contributed by atoms with Crippen molar-refractivity contribution in [2.45, 2.75) is 72.3 Å². The molecule has 0 spiro atoms. The van der Waals surface area contributed by atoms with Crippen LogP contribution in [0.5, 0.6) is 0 Å². The maximum atomic E-state index is 5.97. The lowest BCUT2D eigenvalue weighted by Gasteiger charge is -2.13. The molecule has 0 bridgehead atoms. The summed E-state index contributed by atoms with van der Waals surface area (Å²) in [5, 5.41) is 0. The van der Waals surface area contributed by atoms with Crippen LogP contribution in [-0.4, -0.2) is 12.7 Å². The van der Waals surface area contributed by atoms with Crippen molar-refractivity contribution in [3.8, 4) is 0 Å².